The summed E-state index contributed by atoms with van der Waals surface area (Å²) in [7, 11) is 3.30. The summed E-state index contributed by atoms with van der Waals surface area (Å²) < 4.78 is 0. The second-order valence-corrected chi connectivity index (χ2v) is 4.37. The first-order chi connectivity index (χ1) is 7.31. The summed E-state index contributed by atoms with van der Waals surface area (Å²) in [6.07, 6.45) is 0.838. The molecule has 0 aromatic rings. The summed E-state index contributed by atoms with van der Waals surface area (Å²) in [6.45, 7) is 5.55. The molecule has 0 saturated carbocycles. The maximum atomic E-state index is 11.7. The minimum absolute atomic E-state index is 0.113. The molecule has 0 radical (unpaired) electrons. The van der Waals surface area contributed by atoms with Crippen molar-refractivity contribution in [2.75, 3.05) is 14.1 Å². The zero-order valence-corrected chi connectivity index (χ0v) is 10.8. The summed E-state index contributed by atoms with van der Waals surface area (Å²) >= 11 is 0. The van der Waals surface area contributed by atoms with Gasteiger partial charge < -0.3 is 16.0 Å². The monoisotopic (exact) mass is 229 g/mol. The molecule has 2 unspecified atom stereocenters. The van der Waals surface area contributed by atoms with E-state index in [9.17, 15) is 9.59 Å². The van der Waals surface area contributed by atoms with Gasteiger partial charge in [-0.15, -0.1) is 0 Å². The fourth-order valence-corrected chi connectivity index (χ4v) is 1.27. The zero-order valence-electron chi connectivity index (χ0n) is 10.8. The Morgan fingerprint density at radius 1 is 1.31 bits per heavy atom. The highest BCUT2D eigenvalue weighted by Crippen LogP contribution is 2.05. The molecule has 3 N–H and O–H groups in total. The number of carbonyl (C=O) groups is 2. The van der Waals surface area contributed by atoms with Crippen LogP contribution in [-0.2, 0) is 9.59 Å². The third kappa shape index (κ3) is 4.18. The second kappa shape index (κ2) is 6.48. The van der Waals surface area contributed by atoms with Crippen molar-refractivity contribution in [1.29, 1.82) is 0 Å². The van der Waals surface area contributed by atoms with E-state index in [1.807, 2.05) is 13.8 Å². The fraction of sp³-hybridized carbons (Fsp3) is 0.818. The first-order valence-electron chi connectivity index (χ1n) is 5.58. The minimum Gasteiger partial charge on any atom is -0.347 e. The Hall–Kier alpha value is -1.10. The quantitative estimate of drug-likeness (QED) is 0.694. The van der Waals surface area contributed by atoms with Crippen molar-refractivity contribution < 1.29 is 9.59 Å². The van der Waals surface area contributed by atoms with Crippen LogP contribution in [0.15, 0.2) is 0 Å². The van der Waals surface area contributed by atoms with E-state index < -0.39 is 12.1 Å². The van der Waals surface area contributed by atoms with Crippen LogP contribution in [0, 0.1) is 5.92 Å². The lowest BCUT2D eigenvalue weighted by Crippen LogP contribution is -2.51. The number of hydrogen-bond acceptors (Lipinski definition) is 3. The van der Waals surface area contributed by atoms with E-state index in [0.29, 0.717) is 0 Å². The van der Waals surface area contributed by atoms with Gasteiger partial charge in [0.2, 0.25) is 11.8 Å². The van der Waals surface area contributed by atoms with E-state index in [0.717, 1.165) is 6.42 Å². The average molecular weight is 229 g/mol. The highest BCUT2D eigenvalue weighted by molar-refractivity contribution is 5.89. The van der Waals surface area contributed by atoms with Crippen molar-refractivity contribution >= 4 is 11.8 Å². The predicted molar refractivity (Wildman–Crippen MR) is 63.7 cm³/mol. The SMILES string of the molecule is CCC(C)[C@H](N)C(=O)NC(C)C(=O)N(C)C. The molecule has 0 heterocycles. The molecule has 0 aliphatic heterocycles. The Kier molecular flexibility index (Phi) is 6.03. The topological polar surface area (TPSA) is 75.4 Å². The Labute approximate surface area is 97.4 Å². The summed E-state index contributed by atoms with van der Waals surface area (Å²) in [6, 6.07) is -1.08. The van der Waals surface area contributed by atoms with E-state index in [-0.39, 0.29) is 17.7 Å². The van der Waals surface area contributed by atoms with Gasteiger partial charge in [0.1, 0.15) is 6.04 Å². The van der Waals surface area contributed by atoms with Crippen LogP contribution in [0.25, 0.3) is 0 Å². The van der Waals surface area contributed by atoms with Gasteiger partial charge in [-0.2, -0.15) is 0 Å². The molecule has 3 atom stereocenters. The van der Waals surface area contributed by atoms with E-state index in [2.05, 4.69) is 5.32 Å². The molecule has 0 spiro atoms. The van der Waals surface area contributed by atoms with Gasteiger partial charge in [0, 0.05) is 14.1 Å². The van der Waals surface area contributed by atoms with Crippen molar-refractivity contribution in [2.24, 2.45) is 11.7 Å². The van der Waals surface area contributed by atoms with Crippen LogP contribution in [0.2, 0.25) is 0 Å². The van der Waals surface area contributed by atoms with Gasteiger partial charge in [-0.1, -0.05) is 20.3 Å². The Balaban J connectivity index is 4.29. The minimum atomic E-state index is -0.553. The van der Waals surface area contributed by atoms with Crippen LogP contribution in [0.1, 0.15) is 27.2 Å². The molecule has 16 heavy (non-hydrogen) atoms. The number of nitrogens with two attached hydrogens (primary N) is 1. The number of likely N-dealkylation sites (N-methyl/N-ethyl adjacent to an activating group) is 1. The predicted octanol–water partition coefficient (Wildman–Crippen LogP) is -0.0473. The molecule has 5 nitrogen and oxygen atoms in total. The van der Waals surface area contributed by atoms with E-state index in [1.165, 1.54) is 4.90 Å². The van der Waals surface area contributed by atoms with Crippen LogP contribution >= 0.6 is 0 Å². The second-order valence-electron chi connectivity index (χ2n) is 4.37. The number of nitrogens with zero attached hydrogens (tertiary/aromatic N) is 1. The Morgan fingerprint density at radius 2 is 1.81 bits per heavy atom. The maximum absolute atomic E-state index is 11.7. The Morgan fingerprint density at radius 3 is 2.19 bits per heavy atom. The van der Waals surface area contributed by atoms with Crippen molar-refractivity contribution in [3.63, 3.8) is 0 Å². The summed E-state index contributed by atoms with van der Waals surface area (Å²) in [5, 5.41) is 2.62. The van der Waals surface area contributed by atoms with Gasteiger partial charge in [-0.25, -0.2) is 0 Å². The zero-order chi connectivity index (χ0) is 12.9. The van der Waals surface area contributed by atoms with E-state index >= 15 is 0 Å². The Bertz CT molecular complexity index is 254. The molecular formula is C11H23N3O2. The summed E-state index contributed by atoms with van der Waals surface area (Å²) in [5.74, 6) is -0.289. The summed E-state index contributed by atoms with van der Waals surface area (Å²) in [4.78, 5) is 24.6. The molecular weight excluding hydrogens is 206 g/mol. The van der Waals surface area contributed by atoms with Crippen LogP contribution in [0.5, 0.6) is 0 Å². The molecule has 2 amide bonds. The number of hydrogen-bond donors (Lipinski definition) is 2. The summed E-state index contributed by atoms with van der Waals surface area (Å²) in [5.41, 5.74) is 5.76. The number of rotatable bonds is 5. The van der Waals surface area contributed by atoms with Crippen LogP contribution in [0.3, 0.4) is 0 Å². The first-order valence-corrected chi connectivity index (χ1v) is 5.58. The van der Waals surface area contributed by atoms with Crippen molar-refractivity contribution in [3.05, 3.63) is 0 Å². The van der Waals surface area contributed by atoms with Crippen molar-refractivity contribution in [3.8, 4) is 0 Å². The molecule has 0 fully saturated rings. The molecule has 0 aliphatic carbocycles. The molecule has 0 aliphatic rings. The standard InChI is InChI=1S/C11H23N3O2/c1-6-7(2)9(12)10(15)13-8(3)11(16)14(4)5/h7-9H,6,12H2,1-5H3,(H,13,15)/t7?,8?,9-/m0/s1. The fourth-order valence-electron chi connectivity index (χ4n) is 1.27. The molecule has 5 heteroatoms. The lowest BCUT2D eigenvalue weighted by molar-refractivity contribution is -0.134. The molecule has 0 bridgehead atoms. The van der Waals surface area contributed by atoms with Crippen molar-refractivity contribution in [1.82, 2.24) is 10.2 Å². The third-order valence-corrected chi connectivity index (χ3v) is 2.73. The molecule has 0 aromatic carbocycles. The normalized spacial score (nSPS) is 16.1. The van der Waals surface area contributed by atoms with Gasteiger partial charge in [-0.3, -0.25) is 9.59 Å². The average Bonchev–Trinajstić information content (AvgIpc) is 2.25. The van der Waals surface area contributed by atoms with Crippen molar-refractivity contribution in [2.45, 2.75) is 39.3 Å². The van der Waals surface area contributed by atoms with Gasteiger partial charge >= 0.3 is 0 Å². The van der Waals surface area contributed by atoms with Gasteiger partial charge in [-0.05, 0) is 12.8 Å². The lowest BCUT2D eigenvalue weighted by atomic mass is 9.99. The smallest absolute Gasteiger partial charge is 0.244 e. The van der Waals surface area contributed by atoms with Gasteiger partial charge in [0.15, 0.2) is 0 Å². The molecule has 94 valence electrons. The highest BCUT2D eigenvalue weighted by atomic mass is 16.2. The van der Waals surface area contributed by atoms with Crippen LogP contribution in [-0.4, -0.2) is 42.9 Å². The number of carbonyl (C=O) groups excluding carboxylic acids is 2. The third-order valence-electron chi connectivity index (χ3n) is 2.73. The van der Waals surface area contributed by atoms with Gasteiger partial charge in [0.05, 0.1) is 6.04 Å². The number of nitrogens with one attached hydrogen (secondary N) is 1. The van der Waals surface area contributed by atoms with E-state index in [1.54, 1.807) is 21.0 Å². The molecule has 0 saturated heterocycles. The number of amides is 2. The van der Waals surface area contributed by atoms with E-state index in [4.69, 9.17) is 5.73 Å². The van der Waals surface area contributed by atoms with Gasteiger partial charge in [0.25, 0.3) is 0 Å². The van der Waals surface area contributed by atoms with Crippen LogP contribution in [0.4, 0.5) is 0 Å². The largest absolute Gasteiger partial charge is 0.347 e. The lowest BCUT2D eigenvalue weighted by Gasteiger charge is -2.22. The maximum Gasteiger partial charge on any atom is 0.244 e. The molecule has 0 aromatic heterocycles. The highest BCUT2D eigenvalue weighted by Gasteiger charge is 2.23. The first kappa shape index (κ1) is 14.9. The molecule has 0 rings (SSSR count). The van der Waals surface area contributed by atoms with Crippen LogP contribution < -0.4 is 11.1 Å².